The summed E-state index contributed by atoms with van der Waals surface area (Å²) in [5.41, 5.74) is -0.105. The molecule has 0 fully saturated rings. The van der Waals surface area contributed by atoms with Gasteiger partial charge in [0.1, 0.15) is 0 Å². The number of carbonyl (C=O) groups is 1. The molecule has 0 N–H and O–H groups in total. The second kappa shape index (κ2) is 10.8. The van der Waals surface area contributed by atoms with E-state index in [0.717, 1.165) is 41.5 Å². The average molecular weight is 542 g/mol. The van der Waals surface area contributed by atoms with Gasteiger partial charge >= 0.3 is 12.4 Å². The van der Waals surface area contributed by atoms with Crippen LogP contribution in [0, 0.1) is 0 Å². The molecule has 0 radical (unpaired) electrons. The van der Waals surface area contributed by atoms with Crippen molar-refractivity contribution in [2.24, 2.45) is 0 Å². The third-order valence-corrected chi connectivity index (χ3v) is 6.10. The van der Waals surface area contributed by atoms with Crippen LogP contribution in [-0.4, -0.2) is 17.4 Å². The first-order chi connectivity index (χ1) is 17.0. The fourth-order valence-electron chi connectivity index (χ4n) is 3.81. The van der Waals surface area contributed by atoms with Crippen molar-refractivity contribution >= 4 is 17.5 Å². The summed E-state index contributed by atoms with van der Waals surface area (Å²) in [7, 11) is 0. The second-order valence-corrected chi connectivity index (χ2v) is 10.3. The largest absolute Gasteiger partial charge is 0.416 e. The molecule has 0 aliphatic rings. The van der Waals surface area contributed by atoms with E-state index in [4.69, 9.17) is 11.6 Å². The highest BCUT2D eigenvalue weighted by Gasteiger charge is 2.33. The van der Waals surface area contributed by atoms with Gasteiger partial charge in [0.2, 0.25) is 0 Å². The maximum atomic E-state index is 13.4. The predicted octanol–water partition coefficient (Wildman–Crippen LogP) is 8.56. The summed E-state index contributed by atoms with van der Waals surface area (Å²) in [6.07, 6.45) is -9.15. The van der Waals surface area contributed by atoms with Crippen LogP contribution in [0.1, 0.15) is 58.9 Å². The Morgan fingerprint density at radius 2 is 1.38 bits per heavy atom. The van der Waals surface area contributed by atoms with Crippen molar-refractivity contribution in [1.82, 2.24) is 4.90 Å². The lowest BCUT2D eigenvalue weighted by atomic mass is 9.87. The molecule has 3 rings (SSSR count). The highest BCUT2D eigenvalue weighted by Crippen LogP contribution is 2.33. The van der Waals surface area contributed by atoms with Gasteiger partial charge in [0.05, 0.1) is 11.1 Å². The molecular weight excluding hydrogens is 516 g/mol. The predicted molar refractivity (Wildman–Crippen MR) is 131 cm³/mol. The molecule has 0 saturated heterocycles. The van der Waals surface area contributed by atoms with E-state index in [2.05, 4.69) is 0 Å². The lowest BCUT2D eigenvalue weighted by Crippen LogP contribution is -2.33. The van der Waals surface area contributed by atoms with Crippen molar-refractivity contribution in [1.29, 1.82) is 0 Å². The third kappa shape index (κ3) is 7.74. The van der Waals surface area contributed by atoms with Gasteiger partial charge in [0, 0.05) is 23.7 Å². The Labute approximate surface area is 216 Å². The van der Waals surface area contributed by atoms with Crippen molar-refractivity contribution in [2.75, 3.05) is 6.54 Å². The summed E-state index contributed by atoms with van der Waals surface area (Å²) in [5, 5.41) is -0.245. The molecule has 0 atom stereocenters. The van der Waals surface area contributed by atoms with Crippen LogP contribution < -0.4 is 0 Å². The van der Waals surface area contributed by atoms with Crippen LogP contribution in [0.5, 0.6) is 0 Å². The van der Waals surface area contributed by atoms with Gasteiger partial charge in [-0.1, -0.05) is 74.8 Å². The number of amides is 1. The molecule has 0 saturated carbocycles. The van der Waals surface area contributed by atoms with Gasteiger partial charge in [-0.15, -0.1) is 0 Å². The molecule has 0 unspecified atom stereocenters. The fraction of sp³-hybridized carbons (Fsp3) is 0.321. The molecule has 0 bridgehead atoms. The number of hydrogen-bond donors (Lipinski definition) is 0. The van der Waals surface area contributed by atoms with Crippen molar-refractivity contribution in [3.63, 3.8) is 0 Å². The number of alkyl halides is 6. The van der Waals surface area contributed by atoms with E-state index in [1.807, 2.05) is 45.0 Å². The minimum absolute atomic E-state index is 0.0188. The summed E-state index contributed by atoms with van der Waals surface area (Å²) in [6.45, 7) is 6.17. The van der Waals surface area contributed by atoms with Crippen molar-refractivity contribution in [3.05, 3.63) is 105 Å². The molecule has 0 spiro atoms. The summed E-state index contributed by atoms with van der Waals surface area (Å²) in [4.78, 5) is 14.7. The Hall–Kier alpha value is -3.00. The van der Waals surface area contributed by atoms with Gasteiger partial charge < -0.3 is 4.90 Å². The van der Waals surface area contributed by atoms with Gasteiger partial charge in [-0.05, 0) is 52.8 Å². The van der Waals surface area contributed by atoms with E-state index in [1.165, 1.54) is 17.0 Å². The van der Waals surface area contributed by atoms with Crippen LogP contribution in [-0.2, 0) is 30.7 Å². The first kappa shape index (κ1) is 28.6. The minimum Gasteiger partial charge on any atom is -0.334 e. The smallest absolute Gasteiger partial charge is 0.334 e. The summed E-state index contributed by atoms with van der Waals surface area (Å²) in [6, 6.07) is 14.8. The molecule has 0 heterocycles. The molecule has 1 amide bonds. The maximum Gasteiger partial charge on any atom is 0.416 e. The van der Waals surface area contributed by atoms with E-state index in [-0.39, 0.29) is 35.5 Å². The zero-order chi connectivity index (χ0) is 27.6. The SMILES string of the molecule is CC(C)(C)c1ccc(CN(CCc2cccc(C(F)(F)F)c2)C(=O)c2cc(Cl)cc(C(F)(F)F)c2)cc1. The van der Waals surface area contributed by atoms with Crippen molar-refractivity contribution in [3.8, 4) is 0 Å². The Kier molecular flexibility index (Phi) is 8.32. The molecule has 198 valence electrons. The van der Waals surface area contributed by atoms with Gasteiger partial charge in [-0.3, -0.25) is 4.79 Å². The van der Waals surface area contributed by atoms with Gasteiger partial charge in [-0.2, -0.15) is 26.3 Å². The maximum absolute atomic E-state index is 13.4. The first-order valence-corrected chi connectivity index (χ1v) is 11.8. The Morgan fingerprint density at radius 1 is 0.757 bits per heavy atom. The van der Waals surface area contributed by atoms with Gasteiger partial charge in [-0.25, -0.2) is 0 Å². The van der Waals surface area contributed by atoms with Crippen LogP contribution >= 0.6 is 11.6 Å². The summed E-state index contributed by atoms with van der Waals surface area (Å²) < 4.78 is 79.3. The number of nitrogens with zero attached hydrogens (tertiary/aromatic N) is 1. The highest BCUT2D eigenvalue weighted by atomic mass is 35.5. The highest BCUT2D eigenvalue weighted by molar-refractivity contribution is 6.31. The Morgan fingerprint density at radius 3 is 1.95 bits per heavy atom. The zero-order valence-corrected chi connectivity index (χ0v) is 21.2. The van der Waals surface area contributed by atoms with Crippen LogP contribution in [0.25, 0.3) is 0 Å². The van der Waals surface area contributed by atoms with Gasteiger partial charge in [0.15, 0.2) is 0 Å². The Balaban J connectivity index is 1.92. The molecule has 0 aliphatic heterocycles. The molecule has 3 aromatic rings. The molecular formula is C28H26ClF6NO. The second-order valence-electron chi connectivity index (χ2n) is 9.85. The van der Waals surface area contributed by atoms with E-state index < -0.39 is 29.4 Å². The lowest BCUT2D eigenvalue weighted by molar-refractivity contribution is -0.138. The summed E-state index contributed by atoms with van der Waals surface area (Å²) in [5.74, 6) is -0.708. The Bertz CT molecular complexity index is 1240. The van der Waals surface area contributed by atoms with E-state index in [1.54, 1.807) is 0 Å². The monoisotopic (exact) mass is 541 g/mol. The topological polar surface area (TPSA) is 20.3 Å². The van der Waals surface area contributed by atoms with Crippen molar-refractivity contribution in [2.45, 2.75) is 51.5 Å². The van der Waals surface area contributed by atoms with E-state index >= 15 is 0 Å². The molecule has 37 heavy (non-hydrogen) atoms. The minimum atomic E-state index is -4.70. The van der Waals surface area contributed by atoms with Crippen LogP contribution in [0.2, 0.25) is 5.02 Å². The van der Waals surface area contributed by atoms with Crippen molar-refractivity contribution < 1.29 is 31.1 Å². The number of hydrogen-bond acceptors (Lipinski definition) is 1. The number of rotatable bonds is 6. The van der Waals surface area contributed by atoms with Crippen LogP contribution in [0.15, 0.2) is 66.7 Å². The van der Waals surface area contributed by atoms with E-state index in [0.29, 0.717) is 5.56 Å². The zero-order valence-electron chi connectivity index (χ0n) is 20.5. The summed E-state index contributed by atoms with van der Waals surface area (Å²) >= 11 is 5.88. The number of carbonyl (C=O) groups excluding carboxylic acids is 1. The first-order valence-electron chi connectivity index (χ1n) is 11.5. The molecule has 2 nitrogen and oxygen atoms in total. The fourth-order valence-corrected chi connectivity index (χ4v) is 4.04. The van der Waals surface area contributed by atoms with E-state index in [9.17, 15) is 31.1 Å². The third-order valence-electron chi connectivity index (χ3n) is 5.88. The lowest BCUT2D eigenvalue weighted by Gasteiger charge is -2.25. The molecule has 0 aromatic heterocycles. The molecule has 3 aromatic carbocycles. The quantitative estimate of drug-likeness (QED) is 0.286. The number of benzene rings is 3. The molecule has 9 heteroatoms. The van der Waals surface area contributed by atoms with Crippen LogP contribution in [0.4, 0.5) is 26.3 Å². The normalized spacial score (nSPS) is 12.5. The van der Waals surface area contributed by atoms with Crippen LogP contribution in [0.3, 0.4) is 0 Å². The average Bonchev–Trinajstić information content (AvgIpc) is 2.79. The van der Waals surface area contributed by atoms with Gasteiger partial charge in [0.25, 0.3) is 5.91 Å². The number of halogens is 7. The standard InChI is InChI=1S/C28H26ClF6NO/c1-26(2,3)21-9-7-19(8-10-21)17-36(12-11-18-5-4-6-22(13-18)27(30,31)32)25(37)20-14-23(28(33,34)35)16-24(29)15-20/h4-10,13-16H,11-12,17H2,1-3H3. The molecule has 0 aliphatic carbocycles.